The van der Waals surface area contributed by atoms with E-state index in [9.17, 15) is 4.79 Å². The molecular weight excluding hydrogens is 340 g/mol. The molecule has 142 valence electrons. The molecule has 0 spiro atoms. The van der Waals surface area contributed by atoms with Crippen LogP contribution < -0.4 is 10.1 Å². The first kappa shape index (κ1) is 19.0. The molecule has 27 heavy (non-hydrogen) atoms. The molecule has 1 amide bonds. The fourth-order valence-electron chi connectivity index (χ4n) is 3.32. The summed E-state index contributed by atoms with van der Waals surface area (Å²) in [7, 11) is 3.36. The van der Waals surface area contributed by atoms with Crippen LogP contribution in [-0.2, 0) is 28.9 Å². The summed E-state index contributed by atoms with van der Waals surface area (Å²) in [5, 5.41) is 4.14. The highest BCUT2D eigenvalue weighted by Crippen LogP contribution is 2.22. The Morgan fingerprint density at radius 1 is 1.04 bits per heavy atom. The second-order valence-corrected chi connectivity index (χ2v) is 6.45. The van der Waals surface area contributed by atoms with Crippen molar-refractivity contribution in [3.05, 3.63) is 65.9 Å². The van der Waals surface area contributed by atoms with Crippen LogP contribution >= 0.6 is 0 Å². The number of hydrogen-bond acceptors (Lipinski definition) is 3. The number of aromatic nitrogens is 1. The number of hydrogen-bond donors (Lipinski definition) is 1. The van der Waals surface area contributed by atoms with Gasteiger partial charge < -0.3 is 19.4 Å². The molecular formula is C22H26N2O3. The van der Waals surface area contributed by atoms with E-state index in [4.69, 9.17) is 9.47 Å². The van der Waals surface area contributed by atoms with Gasteiger partial charge in [-0.2, -0.15) is 0 Å². The van der Waals surface area contributed by atoms with Crippen LogP contribution in [-0.4, -0.2) is 37.8 Å². The van der Waals surface area contributed by atoms with Crippen molar-refractivity contribution in [3.8, 4) is 5.75 Å². The van der Waals surface area contributed by atoms with Gasteiger partial charge in [0.2, 0.25) is 5.91 Å². The first-order valence-corrected chi connectivity index (χ1v) is 9.17. The van der Waals surface area contributed by atoms with Gasteiger partial charge in [0.05, 0.1) is 20.1 Å². The summed E-state index contributed by atoms with van der Waals surface area (Å²) in [4.78, 5) is 12.4. The average Bonchev–Trinajstić information content (AvgIpc) is 3.04. The van der Waals surface area contributed by atoms with Crippen molar-refractivity contribution < 1.29 is 14.3 Å². The summed E-state index contributed by atoms with van der Waals surface area (Å²) in [5.41, 5.74) is 3.26. The molecule has 0 radical (unpaired) electrons. The number of benzene rings is 2. The average molecular weight is 366 g/mol. The molecule has 0 bridgehead atoms. The second-order valence-electron chi connectivity index (χ2n) is 6.45. The highest BCUT2D eigenvalue weighted by Gasteiger charge is 2.12. The minimum Gasteiger partial charge on any atom is -0.496 e. The van der Waals surface area contributed by atoms with E-state index in [1.807, 2.05) is 36.4 Å². The van der Waals surface area contributed by atoms with Crippen LogP contribution in [0.1, 0.15) is 11.1 Å². The van der Waals surface area contributed by atoms with Crippen molar-refractivity contribution in [2.75, 3.05) is 27.4 Å². The summed E-state index contributed by atoms with van der Waals surface area (Å²) in [6.07, 6.45) is 3.17. The lowest BCUT2D eigenvalue weighted by Crippen LogP contribution is -2.27. The zero-order chi connectivity index (χ0) is 19.1. The number of carbonyl (C=O) groups is 1. The lowest BCUT2D eigenvalue weighted by atomic mass is 10.1. The summed E-state index contributed by atoms with van der Waals surface area (Å²) in [5.74, 6) is 0.882. The van der Waals surface area contributed by atoms with Gasteiger partial charge in [0.15, 0.2) is 0 Å². The molecule has 0 fully saturated rings. The molecule has 5 nitrogen and oxygen atoms in total. The zero-order valence-corrected chi connectivity index (χ0v) is 15.9. The smallest absolute Gasteiger partial charge is 0.224 e. The molecule has 0 unspecified atom stereocenters. The van der Waals surface area contributed by atoms with Crippen LogP contribution in [0.2, 0.25) is 0 Å². The van der Waals surface area contributed by atoms with Crippen LogP contribution in [0.4, 0.5) is 0 Å². The fraction of sp³-hybridized carbons (Fsp3) is 0.318. The topological polar surface area (TPSA) is 52.5 Å². The van der Waals surface area contributed by atoms with Gasteiger partial charge in [-0.15, -0.1) is 0 Å². The molecule has 2 aromatic carbocycles. The minimum absolute atomic E-state index is 0.0274. The monoisotopic (exact) mass is 366 g/mol. The van der Waals surface area contributed by atoms with Crippen LogP contribution in [0.3, 0.4) is 0 Å². The lowest BCUT2D eigenvalue weighted by Gasteiger charge is -2.09. The predicted octanol–water partition coefficient (Wildman–Crippen LogP) is 3.20. The summed E-state index contributed by atoms with van der Waals surface area (Å²) >= 11 is 0. The van der Waals surface area contributed by atoms with E-state index in [0.717, 1.165) is 40.7 Å². The molecule has 0 aliphatic heterocycles. The molecule has 3 rings (SSSR count). The van der Waals surface area contributed by atoms with E-state index in [0.29, 0.717) is 19.6 Å². The SMILES string of the molecule is COCCn1cc(CC(=O)NCCc2ccccc2OC)c2ccccc21. The van der Waals surface area contributed by atoms with Gasteiger partial charge in [-0.1, -0.05) is 36.4 Å². The Hall–Kier alpha value is -2.79. The number of fused-ring (bicyclic) bond motifs is 1. The normalized spacial score (nSPS) is 10.9. The first-order valence-electron chi connectivity index (χ1n) is 9.17. The standard InChI is InChI=1S/C22H26N2O3/c1-26-14-13-24-16-18(19-8-4-5-9-20(19)24)15-22(25)23-12-11-17-7-3-6-10-21(17)27-2/h3-10,16H,11-15H2,1-2H3,(H,23,25). The van der Waals surface area contributed by atoms with Crippen molar-refractivity contribution in [2.45, 2.75) is 19.4 Å². The van der Waals surface area contributed by atoms with E-state index < -0.39 is 0 Å². The van der Waals surface area contributed by atoms with Gasteiger partial charge in [0.25, 0.3) is 0 Å². The number of nitrogens with zero attached hydrogens (tertiary/aromatic N) is 1. The number of methoxy groups -OCH3 is 2. The number of para-hydroxylation sites is 2. The summed E-state index contributed by atoms with van der Waals surface area (Å²) in [6, 6.07) is 16.0. The third-order valence-corrected chi connectivity index (χ3v) is 4.67. The maximum Gasteiger partial charge on any atom is 0.224 e. The van der Waals surface area contributed by atoms with E-state index in [1.54, 1.807) is 14.2 Å². The minimum atomic E-state index is 0.0274. The van der Waals surface area contributed by atoms with E-state index in [1.165, 1.54) is 0 Å². The first-order chi connectivity index (χ1) is 13.2. The second kappa shape index (κ2) is 9.24. The van der Waals surface area contributed by atoms with E-state index >= 15 is 0 Å². The molecule has 1 heterocycles. The summed E-state index contributed by atoms with van der Waals surface area (Å²) in [6.45, 7) is 2.00. The largest absolute Gasteiger partial charge is 0.496 e. The highest BCUT2D eigenvalue weighted by molar-refractivity contribution is 5.89. The summed E-state index contributed by atoms with van der Waals surface area (Å²) < 4.78 is 12.7. The Kier molecular flexibility index (Phi) is 6.49. The molecule has 0 atom stereocenters. The predicted molar refractivity (Wildman–Crippen MR) is 107 cm³/mol. The Morgan fingerprint density at radius 2 is 1.81 bits per heavy atom. The van der Waals surface area contributed by atoms with Crippen molar-refractivity contribution in [1.29, 1.82) is 0 Å². The third kappa shape index (κ3) is 4.68. The number of carbonyl (C=O) groups excluding carboxylic acids is 1. The van der Waals surface area contributed by atoms with E-state index in [2.05, 4.69) is 28.2 Å². The Bertz CT molecular complexity index is 901. The van der Waals surface area contributed by atoms with Crippen LogP contribution in [0.15, 0.2) is 54.7 Å². The molecule has 0 saturated heterocycles. The van der Waals surface area contributed by atoms with Crippen LogP contribution in [0.5, 0.6) is 5.75 Å². The Labute approximate surface area is 159 Å². The number of nitrogens with one attached hydrogen (secondary N) is 1. The van der Waals surface area contributed by atoms with Gasteiger partial charge in [0, 0.05) is 37.3 Å². The zero-order valence-electron chi connectivity index (χ0n) is 15.9. The van der Waals surface area contributed by atoms with Gasteiger partial charge in [-0.05, 0) is 29.7 Å². The molecule has 3 aromatic rings. The maximum absolute atomic E-state index is 12.4. The number of rotatable bonds is 9. The molecule has 0 saturated carbocycles. The van der Waals surface area contributed by atoms with Crippen LogP contribution in [0, 0.1) is 0 Å². The van der Waals surface area contributed by atoms with Gasteiger partial charge >= 0.3 is 0 Å². The van der Waals surface area contributed by atoms with Gasteiger partial charge in [-0.25, -0.2) is 0 Å². The number of ether oxygens (including phenoxy) is 2. The lowest BCUT2D eigenvalue weighted by molar-refractivity contribution is -0.120. The fourth-order valence-corrected chi connectivity index (χ4v) is 3.32. The Morgan fingerprint density at radius 3 is 2.63 bits per heavy atom. The van der Waals surface area contributed by atoms with Crippen molar-refractivity contribution >= 4 is 16.8 Å². The van der Waals surface area contributed by atoms with Crippen molar-refractivity contribution in [1.82, 2.24) is 9.88 Å². The Balaban J connectivity index is 1.62. The van der Waals surface area contributed by atoms with E-state index in [-0.39, 0.29) is 5.91 Å². The van der Waals surface area contributed by atoms with Gasteiger partial charge in [0.1, 0.15) is 5.75 Å². The third-order valence-electron chi connectivity index (χ3n) is 4.67. The maximum atomic E-state index is 12.4. The molecule has 1 aromatic heterocycles. The molecule has 0 aliphatic carbocycles. The van der Waals surface area contributed by atoms with Crippen molar-refractivity contribution in [2.24, 2.45) is 0 Å². The molecule has 0 aliphatic rings. The molecule has 1 N–H and O–H groups in total. The quantitative estimate of drug-likeness (QED) is 0.633. The van der Waals surface area contributed by atoms with Crippen molar-refractivity contribution in [3.63, 3.8) is 0 Å². The number of amides is 1. The molecule has 5 heteroatoms. The van der Waals surface area contributed by atoms with Crippen LogP contribution in [0.25, 0.3) is 10.9 Å². The van der Waals surface area contributed by atoms with Gasteiger partial charge in [-0.3, -0.25) is 4.79 Å². The highest BCUT2D eigenvalue weighted by atomic mass is 16.5.